The molecular formula is C26H33ClFN3O3S2. The normalized spacial score (nSPS) is 13.9. The molecule has 0 unspecified atom stereocenters. The summed E-state index contributed by atoms with van der Waals surface area (Å²) in [4.78, 5) is 23.4. The second-order valence-electron chi connectivity index (χ2n) is 8.29. The fourth-order valence-corrected chi connectivity index (χ4v) is 5.86. The van der Waals surface area contributed by atoms with E-state index in [1.807, 2.05) is 30.0 Å². The van der Waals surface area contributed by atoms with Crippen molar-refractivity contribution in [2.45, 2.75) is 31.1 Å². The van der Waals surface area contributed by atoms with Crippen molar-refractivity contribution < 1.29 is 18.7 Å². The number of amides is 1. The highest BCUT2D eigenvalue weighted by Crippen LogP contribution is 2.34. The average Bonchev–Trinajstić information content (AvgIpc) is 3.31. The number of para-hydroxylation sites is 1. The van der Waals surface area contributed by atoms with E-state index in [0.717, 1.165) is 77.4 Å². The molecule has 0 aliphatic carbocycles. The number of ether oxygens (including phenoxy) is 2. The molecule has 1 aliphatic rings. The second kappa shape index (κ2) is 14.7. The van der Waals surface area contributed by atoms with E-state index in [0.29, 0.717) is 19.6 Å². The Kier molecular flexibility index (Phi) is 11.7. The third kappa shape index (κ3) is 8.05. The molecule has 196 valence electrons. The molecule has 1 amide bonds. The molecule has 6 nitrogen and oxygen atoms in total. The first kappa shape index (κ1) is 28.7. The maximum absolute atomic E-state index is 13.3. The molecule has 1 saturated heterocycles. The number of thiazole rings is 1. The molecule has 0 bridgehead atoms. The molecule has 0 saturated carbocycles. The second-order valence-corrected chi connectivity index (χ2v) is 10.5. The van der Waals surface area contributed by atoms with Crippen molar-refractivity contribution >= 4 is 56.8 Å². The minimum atomic E-state index is -0.236. The van der Waals surface area contributed by atoms with Crippen molar-refractivity contribution in [2.75, 3.05) is 56.7 Å². The Bertz CT molecular complexity index is 1090. The van der Waals surface area contributed by atoms with Gasteiger partial charge >= 0.3 is 0 Å². The van der Waals surface area contributed by atoms with E-state index in [-0.39, 0.29) is 24.1 Å². The molecule has 1 aromatic heterocycles. The maximum atomic E-state index is 13.3. The fraction of sp³-hybridized carbons (Fsp3) is 0.462. The van der Waals surface area contributed by atoms with Crippen LogP contribution in [0.1, 0.15) is 26.2 Å². The van der Waals surface area contributed by atoms with Gasteiger partial charge in [-0.1, -0.05) is 17.4 Å². The number of carbonyl (C=O) groups is 1. The van der Waals surface area contributed by atoms with Crippen LogP contribution in [-0.4, -0.2) is 67.5 Å². The van der Waals surface area contributed by atoms with Gasteiger partial charge in [0.05, 0.1) is 24.5 Å². The van der Waals surface area contributed by atoms with E-state index < -0.39 is 0 Å². The van der Waals surface area contributed by atoms with Gasteiger partial charge in [0.1, 0.15) is 17.1 Å². The van der Waals surface area contributed by atoms with E-state index in [1.165, 1.54) is 23.5 Å². The molecule has 0 atom stereocenters. The predicted octanol–water partition coefficient (Wildman–Crippen LogP) is 5.88. The minimum absolute atomic E-state index is 0. The zero-order valence-corrected chi connectivity index (χ0v) is 22.9. The van der Waals surface area contributed by atoms with Gasteiger partial charge in [-0.25, -0.2) is 9.37 Å². The summed E-state index contributed by atoms with van der Waals surface area (Å²) in [6, 6.07) is 12.4. The number of benzene rings is 2. The number of morpholine rings is 1. The smallest absolute Gasteiger partial charge is 0.228 e. The summed E-state index contributed by atoms with van der Waals surface area (Å²) in [6.45, 7) is 7.50. The van der Waals surface area contributed by atoms with Crippen molar-refractivity contribution in [3.05, 3.63) is 48.3 Å². The van der Waals surface area contributed by atoms with Crippen LogP contribution < -0.4 is 9.64 Å². The molecule has 4 rings (SSSR count). The number of fused-ring (bicyclic) bond motifs is 1. The van der Waals surface area contributed by atoms with E-state index in [9.17, 15) is 9.18 Å². The first-order chi connectivity index (χ1) is 17.1. The molecule has 36 heavy (non-hydrogen) atoms. The molecule has 0 N–H and O–H groups in total. The molecular weight excluding hydrogens is 521 g/mol. The van der Waals surface area contributed by atoms with Gasteiger partial charge in [0.25, 0.3) is 0 Å². The van der Waals surface area contributed by atoms with Crippen molar-refractivity contribution in [3.63, 3.8) is 0 Å². The van der Waals surface area contributed by atoms with Crippen molar-refractivity contribution in [2.24, 2.45) is 0 Å². The number of hydrogen-bond acceptors (Lipinski definition) is 7. The van der Waals surface area contributed by atoms with Gasteiger partial charge in [-0.3, -0.25) is 14.6 Å². The van der Waals surface area contributed by atoms with Crippen LogP contribution in [0.3, 0.4) is 0 Å². The van der Waals surface area contributed by atoms with Crippen LogP contribution in [0.4, 0.5) is 9.52 Å². The molecule has 3 aromatic rings. The number of anilines is 1. The minimum Gasteiger partial charge on any atom is -0.492 e. The standard InChI is InChI=1S/C26H32FN3O3S2.ClH/c1-2-33-22-6-3-7-23-25(22)28-26(35-23)30(14-5-13-29-15-17-32-18-16-29)24(31)8-4-19-34-21-11-9-20(27)10-12-21;/h3,6-7,9-12H,2,4-5,8,13-19H2,1H3;1H. The SMILES string of the molecule is CCOc1cccc2sc(N(CCCN3CCOCC3)C(=O)CCCSc3ccc(F)cc3)nc12.Cl. The lowest BCUT2D eigenvalue weighted by Crippen LogP contribution is -2.39. The number of rotatable bonds is 12. The summed E-state index contributed by atoms with van der Waals surface area (Å²) in [5, 5.41) is 0.727. The fourth-order valence-electron chi connectivity index (χ4n) is 3.98. The van der Waals surface area contributed by atoms with Crippen molar-refractivity contribution in [1.29, 1.82) is 0 Å². The topological polar surface area (TPSA) is 54.9 Å². The maximum Gasteiger partial charge on any atom is 0.228 e. The summed E-state index contributed by atoms with van der Waals surface area (Å²) in [5.41, 5.74) is 0.812. The monoisotopic (exact) mass is 553 g/mol. The van der Waals surface area contributed by atoms with Crippen LogP contribution in [0.2, 0.25) is 0 Å². The Balaban J connectivity index is 0.00000361. The van der Waals surface area contributed by atoms with E-state index in [1.54, 1.807) is 23.9 Å². The average molecular weight is 554 g/mol. The summed E-state index contributed by atoms with van der Waals surface area (Å²) >= 11 is 3.18. The first-order valence-electron chi connectivity index (χ1n) is 12.1. The van der Waals surface area contributed by atoms with E-state index in [4.69, 9.17) is 14.5 Å². The van der Waals surface area contributed by atoms with E-state index >= 15 is 0 Å². The number of aromatic nitrogens is 1. The van der Waals surface area contributed by atoms with Gasteiger partial charge in [-0.05, 0) is 61.9 Å². The Morgan fingerprint density at radius 1 is 1.19 bits per heavy atom. The van der Waals surface area contributed by atoms with Gasteiger partial charge in [-0.15, -0.1) is 24.2 Å². The largest absolute Gasteiger partial charge is 0.492 e. The van der Waals surface area contributed by atoms with Crippen molar-refractivity contribution in [1.82, 2.24) is 9.88 Å². The zero-order valence-electron chi connectivity index (χ0n) is 20.5. The van der Waals surface area contributed by atoms with Gasteiger partial charge in [0, 0.05) is 37.5 Å². The molecule has 2 aromatic carbocycles. The third-order valence-electron chi connectivity index (χ3n) is 5.78. The van der Waals surface area contributed by atoms with Gasteiger partial charge in [0.2, 0.25) is 5.91 Å². The van der Waals surface area contributed by atoms with Crippen LogP contribution in [0.15, 0.2) is 47.4 Å². The quantitative estimate of drug-likeness (QED) is 0.206. The third-order valence-corrected chi connectivity index (χ3v) is 7.92. The van der Waals surface area contributed by atoms with Crippen LogP contribution >= 0.6 is 35.5 Å². The summed E-state index contributed by atoms with van der Waals surface area (Å²) in [7, 11) is 0. The Morgan fingerprint density at radius 2 is 1.97 bits per heavy atom. The van der Waals surface area contributed by atoms with Crippen LogP contribution in [0.25, 0.3) is 10.2 Å². The summed E-state index contributed by atoms with van der Waals surface area (Å²) in [6.07, 6.45) is 2.07. The van der Waals surface area contributed by atoms with Crippen LogP contribution in [-0.2, 0) is 9.53 Å². The number of carbonyl (C=O) groups excluding carboxylic acids is 1. The molecule has 1 fully saturated rings. The Labute approximate surface area is 226 Å². The molecule has 1 aliphatic heterocycles. The molecule has 10 heteroatoms. The predicted molar refractivity (Wildman–Crippen MR) is 149 cm³/mol. The zero-order chi connectivity index (χ0) is 24.5. The molecule has 0 radical (unpaired) electrons. The van der Waals surface area contributed by atoms with Crippen LogP contribution in [0.5, 0.6) is 5.75 Å². The lowest BCUT2D eigenvalue weighted by molar-refractivity contribution is -0.118. The number of halogens is 2. The number of thioether (sulfide) groups is 1. The van der Waals surface area contributed by atoms with Crippen molar-refractivity contribution in [3.8, 4) is 5.75 Å². The molecule has 0 spiro atoms. The van der Waals surface area contributed by atoms with Gasteiger partial charge in [0.15, 0.2) is 5.13 Å². The first-order valence-corrected chi connectivity index (χ1v) is 14.0. The Morgan fingerprint density at radius 3 is 2.72 bits per heavy atom. The summed E-state index contributed by atoms with van der Waals surface area (Å²) < 4.78 is 25.3. The van der Waals surface area contributed by atoms with Gasteiger partial charge < -0.3 is 9.47 Å². The number of hydrogen-bond donors (Lipinski definition) is 0. The highest BCUT2D eigenvalue weighted by atomic mass is 35.5. The lowest BCUT2D eigenvalue weighted by Gasteiger charge is -2.27. The van der Waals surface area contributed by atoms with Crippen LogP contribution in [0, 0.1) is 5.82 Å². The van der Waals surface area contributed by atoms with E-state index in [2.05, 4.69) is 4.90 Å². The highest BCUT2D eigenvalue weighted by Gasteiger charge is 2.21. The van der Waals surface area contributed by atoms with Gasteiger partial charge in [-0.2, -0.15) is 0 Å². The lowest BCUT2D eigenvalue weighted by atomic mass is 10.2. The molecule has 2 heterocycles. The number of nitrogens with zero attached hydrogens (tertiary/aromatic N) is 3. The highest BCUT2D eigenvalue weighted by molar-refractivity contribution is 7.99. The Hall–Kier alpha value is -1.91. The summed E-state index contributed by atoms with van der Waals surface area (Å²) in [5.74, 6) is 1.40.